The van der Waals surface area contributed by atoms with Crippen molar-refractivity contribution in [3.8, 4) is 0 Å². The first kappa shape index (κ1) is 7.43. The quantitative estimate of drug-likeness (QED) is 0.489. The highest BCUT2D eigenvalue weighted by molar-refractivity contribution is 5.77. The first-order chi connectivity index (χ1) is 3.72. The van der Waals surface area contributed by atoms with Crippen LogP contribution in [0.3, 0.4) is 0 Å². The maximum absolute atomic E-state index is 10.5. The minimum atomic E-state index is -0.135. The summed E-state index contributed by atoms with van der Waals surface area (Å²) in [5, 5.41) is 0. The van der Waals surface area contributed by atoms with E-state index in [1.54, 1.807) is 7.05 Å². The molecule has 0 atom stereocenters. The van der Waals surface area contributed by atoms with Gasteiger partial charge in [0.15, 0.2) is 0 Å². The highest BCUT2D eigenvalue weighted by Crippen LogP contribution is 1.78. The third-order valence-corrected chi connectivity index (χ3v) is 1.05. The fourth-order valence-corrected chi connectivity index (χ4v) is 0.311. The van der Waals surface area contributed by atoms with Crippen LogP contribution in [0.25, 0.3) is 0 Å². The molecule has 1 radical (unpaired) electrons. The molecule has 0 aliphatic rings. The van der Waals surface area contributed by atoms with E-state index in [2.05, 4.69) is 0 Å². The van der Waals surface area contributed by atoms with Crippen molar-refractivity contribution >= 4 is 5.91 Å². The topological polar surface area (TPSA) is 44.1 Å². The zero-order valence-corrected chi connectivity index (χ0v) is 5.27. The van der Waals surface area contributed by atoms with Crippen molar-refractivity contribution < 1.29 is 4.79 Å². The first-order valence-electron chi connectivity index (χ1n) is 2.61. The molecular formula is C5H11N2O. The number of amides is 1. The lowest BCUT2D eigenvalue weighted by atomic mass is 10.5. The molecule has 47 valence electrons. The van der Waals surface area contributed by atoms with Gasteiger partial charge in [0.1, 0.15) is 0 Å². The van der Waals surface area contributed by atoms with Crippen LogP contribution >= 0.6 is 0 Å². The lowest BCUT2D eigenvalue weighted by Gasteiger charge is -2.11. The average Bonchev–Trinajstić information content (AvgIpc) is 1.84. The van der Waals surface area contributed by atoms with Crippen LogP contribution in [0.15, 0.2) is 0 Å². The molecule has 0 fully saturated rings. The van der Waals surface area contributed by atoms with Crippen LogP contribution in [-0.2, 0) is 4.79 Å². The molecule has 0 spiro atoms. The molecule has 0 aromatic heterocycles. The molecule has 0 saturated heterocycles. The minimum Gasteiger partial charge on any atom is -0.345 e. The second-order valence-electron chi connectivity index (χ2n) is 1.58. The van der Waals surface area contributed by atoms with Crippen LogP contribution in [0.5, 0.6) is 0 Å². The molecule has 0 aromatic rings. The molecule has 0 rings (SSSR count). The Morgan fingerprint density at radius 1 is 1.75 bits per heavy atom. The molecule has 0 saturated carbocycles. The zero-order valence-electron chi connectivity index (χ0n) is 5.27. The summed E-state index contributed by atoms with van der Waals surface area (Å²) in [7, 11) is 1.69. The van der Waals surface area contributed by atoms with Crippen molar-refractivity contribution in [2.24, 2.45) is 0 Å². The van der Waals surface area contributed by atoms with Crippen LogP contribution in [0.1, 0.15) is 6.92 Å². The Morgan fingerprint density at radius 2 is 2.25 bits per heavy atom. The van der Waals surface area contributed by atoms with Gasteiger partial charge < -0.3 is 4.90 Å². The van der Waals surface area contributed by atoms with Gasteiger partial charge in [-0.25, -0.2) is 5.73 Å². The number of likely N-dealkylation sites (N-methyl/N-ethyl adjacent to an activating group) is 1. The Labute approximate surface area is 49.5 Å². The van der Waals surface area contributed by atoms with E-state index in [0.29, 0.717) is 6.54 Å². The van der Waals surface area contributed by atoms with Gasteiger partial charge >= 0.3 is 0 Å². The third kappa shape index (κ3) is 1.93. The van der Waals surface area contributed by atoms with Crippen molar-refractivity contribution in [3.05, 3.63) is 0 Å². The van der Waals surface area contributed by atoms with E-state index in [9.17, 15) is 4.79 Å². The average molecular weight is 115 g/mol. The van der Waals surface area contributed by atoms with Gasteiger partial charge in [0.25, 0.3) is 0 Å². The molecule has 0 heterocycles. The van der Waals surface area contributed by atoms with Gasteiger partial charge in [-0.3, -0.25) is 4.79 Å². The molecule has 3 heteroatoms. The summed E-state index contributed by atoms with van der Waals surface area (Å²) in [5.41, 5.74) is 6.65. The molecule has 3 nitrogen and oxygen atoms in total. The summed E-state index contributed by atoms with van der Waals surface area (Å²) < 4.78 is 0. The number of rotatable bonds is 2. The van der Waals surface area contributed by atoms with E-state index in [-0.39, 0.29) is 12.5 Å². The maximum atomic E-state index is 10.5. The molecule has 0 aliphatic heterocycles. The van der Waals surface area contributed by atoms with E-state index in [1.165, 1.54) is 4.90 Å². The smallest absolute Gasteiger partial charge is 0.237 e. The standard InChI is InChI=1S/C5H11N2O/c1-3-7(2)5(8)4-6/h6H,3-4H2,1-2H3. The van der Waals surface area contributed by atoms with Crippen molar-refractivity contribution in [1.82, 2.24) is 10.6 Å². The van der Waals surface area contributed by atoms with Gasteiger partial charge in [-0.05, 0) is 6.92 Å². The lowest BCUT2D eigenvalue weighted by molar-refractivity contribution is -0.128. The van der Waals surface area contributed by atoms with E-state index in [1.807, 2.05) is 6.92 Å². The number of carbonyl (C=O) groups is 1. The molecular weight excluding hydrogens is 104 g/mol. The minimum absolute atomic E-state index is 0.118. The van der Waals surface area contributed by atoms with Gasteiger partial charge in [-0.2, -0.15) is 0 Å². The van der Waals surface area contributed by atoms with Crippen molar-refractivity contribution in [3.63, 3.8) is 0 Å². The maximum Gasteiger partial charge on any atom is 0.237 e. The zero-order chi connectivity index (χ0) is 6.57. The summed E-state index contributed by atoms with van der Waals surface area (Å²) in [5.74, 6) is -0.118. The fourth-order valence-electron chi connectivity index (χ4n) is 0.311. The van der Waals surface area contributed by atoms with Crippen LogP contribution in [-0.4, -0.2) is 30.9 Å². The summed E-state index contributed by atoms with van der Waals surface area (Å²) >= 11 is 0. The van der Waals surface area contributed by atoms with Crippen LogP contribution in [0, 0.1) is 0 Å². The number of nitrogens with one attached hydrogen (secondary N) is 1. The molecule has 0 aliphatic carbocycles. The molecule has 1 amide bonds. The Hall–Kier alpha value is -0.570. The first-order valence-corrected chi connectivity index (χ1v) is 2.61. The summed E-state index contributed by atoms with van der Waals surface area (Å²) in [6.07, 6.45) is 0. The third-order valence-electron chi connectivity index (χ3n) is 1.05. The van der Waals surface area contributed by atoms with Crippen LogP contribution in [0.4, 0.5) is 0 Å². The predicted molar refractivity (Wildman–Crippen MR) is 31.3 cm³/mol. The normalized spacial score (nSPS) is 8.88. The Balaban J connectivity index is 3.46. The van der Waals surface area contributed by atoms with E-state index in [0.717, 1.165) is 0 Å². The number of carbonyl (C=O) groups excluding carboxylic acids is 1. The van der Waals surface area contributed by atoms with Crippen LogP contribution < -0.4 is 5.73 Å². The molecule has 1 N–H and O–H groups in total. The van der Waals surface area contributed by atoms with Gasteiger partial charge in [0, 0.05) is 13.6 Å². The molecule has 0 aromatic carbocycles. The number of nitrogens with zero attached hydrogens (tertiary/aromatic N) is 1. The van der Waals surface area contributed by atoms with Gasteiger partial charge in [-0.15, -0.1) is 0 Å². The Bertz CT molecular complexity index is 82.5. The molecule has 8 heavy (non-hydrogen) atoms. The second-order valence-corrected chi connectivity index (χ2v) is 1.58. The Morgan fingerprint density at radius 3 is 2.38 bits per heavy atom. The van der Waals surface area contributed by atoms with Crippen molar-refractivity contribution in [2.75, 3.05) is 20.1 Å². The monoisotopic (exact) mass is 115 g/mol. The van der Waals surface area contributed by atoms with Gasteiger partial charge in [-0.1, -0.05) is 0 Å². The number of hydrogen-bond donors (Lipinski definition) is 0. The predicted octanol–water partition coefficient (Wildman–Crippen LogP) is -0.252. The second kappa shape index (κ2) is 3.43. The molecule has 0 bridgehead atoms. The van der Waals surface area contributed by atoms with E-state index < -0.39 is 0 Å². The van der Waals surface area contributed by atoms with Gasteiger partial charge in [0.2, 0.25) is 5.91 Å². The van der Waals surface area contributed by atoms with Crippen molar-refractivity contribution in [1.29, 1.82) is 0 Å². The SMILES string of the molecule is CCN(C)C(=O)C[NH]. The van der Waals surface area contributed by atoms with Gasteiger partial charge in [0.05, 0.1) is 6.54 Å². The number of hydrogen-bond acceptors (Lipinski definition) is 1. The summed E-state index contributed by atoms with van der Waals surface area (Å²) in [6, 6.07) is 0. The highest BCUT2D eigenvalue weighted by Gasteiger charge is 2.00. The van der Waals surface area contributed by atoms with Crippen molar-refractivity contribution in [2.45, 2.75) is 6.92 Å². The van der Waals surface area contributed by atoms with E-state index >= 15 is 0 Å². The molecule has 0 unspecified atom stereocenters. The fraction of sp³-hybridized carbons (Fsp3) is 0.800. The lowest BCUT2D eigenvalue weighted by Crippen LogP contribution is -2.29. The summed E-state index contributed by atoms with van der Waals surface area (Å²) in [6.45, 7) is 2.44. The highest BCUT2D eigenvalue weighted by atomic mass is 16.2. The van der Waals surface area contributed by atoms with E-state index in [4.69, 9.17) is 5.73 Å². The van der Waals surface area contributed by atoms with Crippen LogP contribution in [0.2, 0.25) is 0 Å². The largest absolute Gasteiger partial charge is 0.345 e. The Kier molecular flexibility index (Phi) is 3.19. The summed E-state index contributed by atoms with van der Waals surface area (Å²) in [4.78, 5) is 12.0.